The van der Waals surface area contributed by atoms with Crippen molar-refractivity contribution in [1.29, 1.82) is 0 Å². The zero-order valence-corrected chi connectivity index (χ0v) is 16.2. The molecule has 4 nitrogen and oxygen atoms in total. The number of likely N-dealkylation sites (tertiary alicyclic amines) is 1. The molecule has 142 valence electrons. The first-order valence-electron chi connectivity index (χ1n) is 10.7. The Bertz CT molecular complexity index is 620. The van der Waals surface area contributed by atoms with Crippen LogP contribution in [0.25, 0.3) is 0 Å². The molecule has 1 aromatic carbocycles. The van der Waals surface area contributed by atoms with Crippen molar-refractivity contribution in [3.05, 3.63) is 24.3 Å². The van der Waals surface area contributed by atoms with Crippen molar-refractivity contribution in [2.24, 2.45) is 0 Å². The summed E-state index contributed by atoms with van der Waals surface area (Å²) in [5.74, 6) is 0.280. The van der Waals surface area contributed by atoms with Crippen LogP contribution >= 0.6 is 0 Å². The van der Waals surface area contributed by atoms with E-state index < -0.39 is 0 Å². The molecule has 1 aliphatic carbocycles. The Hall–Kier alpha value is -1.55. The topological polar surface area (TPSA) is 26.8 Å². The summed E-state index contributed by atoms with van der Waals surface area (Å²) in [6.07, 6.45) is 10.4. The van der Waals surface area contributed by atoms with Gasteiger partial charge in [0, 0.05) is 19.1 Å². The summed E-state index contributed by atoms with van der Waals surface area (Å²) in [6, 6.07) is 9.21. The molecule has 0 bridgehead atoms. The third-order valence-corrected chi connectivity index (χ3v) is 6.62. The molecule has 2 fully saturated rings. The monoisotopic (exact) mass is 355 g/mol. The van der Waals surface area contributed by atoms with E-state index in [2.05, 4.69) is 45.9 Å². The van der Waals surface area contributed by atoms with Crippen LogP contribution in [0.15, 0.2) is 24.3 Å². The number of nitrogens with zero attached hydrogens (tertiary/aromatic N) is 3. The predicted octanol–water partition coefficient (Wildman–Crippen LogP) is 4.05. The van der Waals surface area contributed by atoms with E-state index in [-0.39, 0.29) is 11.9 Å². The van der Waals surface area contributed by atoms with E-state index in [4.69, 9.17) is 0 Å². The van der Waals surface area contributed by atoms with Crippen molar-refractivity contribution in [2.45, 2.75) is 70.4 Å². The number of hydrogen-bond donors (Lipinski definition) is 0. The van der Waals surface area contributed by atoms with Crippen LogP contribution in [0.3, 0.4) is 0 Å². The summed E-state index contributed by atoms with van der Waals surface area (Å²) in [5, 5.41) is 0. The highest BCUT2D eigenvalue weighted by Crippen LogP contribution is 2.37. The number of anilines is 2. The van der Waals surface area contributed by atoms with Crippen LogP contribution in [-0.4, -0.2) is 49.1 Å². The van der Waals surface area contributed by atoms with Crippen LogP contribution < -0.4 is 9.80 Å². The number of carbonyl (C=O) groups is 1. The number of piperidine rings is 1. The molecule has 3 aliphatic rings. The molecule has 26 heavy (non-hydrogen) atoms. The van der Waals surface area contributed by atoms with E-state index in [1.165, 1.54) is 57.1 Å². The van der Waals surface area contributed by atoms with Gasteiger partial charge in [-0.15, -0.1) is 0 Å². The fourth-order valence-corrected chi connectivity index (χ4v) is 5.07. The van der Waals surface area contributed by atoms with Crippen molar-refractivity contribution in [3.63, 3.8) is 0 Å². The minimum Gasteiger partial charge on any atom is -0.365 e. The zero-order chi connectivity index (χ0) is 17.9. The third kappa shape index (κ3) is 3.48. The Morgan fingerprint density at radius 2 is 1.54 bits per heavy atom. The Morgan fingerprint density at radius 3 is 2.27 bits per heavy atom. The van der Waals surface area contributed by atoms with Gasteiger partial charge in [-0.2, -0.15) is 0 Å². The van der Waals surface area contributed by atoms with Crippen molar-refractivity contribution < 1.29 is 4.79 Å². The lowest BCUT2D eigenvalue weighted by Crippen LogP contribution is -2.54. The molecule has 4 heteroatoms. The summed E-state index contributed by atoms with van der Waals surface area (Å²) >= 11 is 0. The maximum atomic E-state index is 13.3. The molecular formula is C22H33N3O. The lowest BCUT2D eigenvalue weighted by molar-refractivity contribution is -0.123. The quantitative estimate of drug-likeness (QED) is 0.818. The standard InChI is InChI=1S/C22H33N3O/c1-18(23-14-8-3-9-15-23)22(26)25-17-16-24(19-10-4-2-5-11-19)20-12-6-7-13-21(20)25/h6-7,12-13,18-19H,2-5,8-11,14-17H2,1H3. The highest BCUT2D eigenvalue weighted by molar-refractivity contribution is 6.00. The summed E-state index contributed by atoms with van der Waals surface area (Å²) in [6.45, 7) is 6.03. The first-order valence-corrected chi connectivity index (χ1v) is 10.7. The van der Waals surface area contributed by atoms with Crippen LogP contribution in [0, 0.1) is 0 Å². The smallest absolute Gasteiger partial charge is 0.244 e. The summed E-state index contributed by atoms with van der Waals surface area (Å²) < 4.78 is 0. The maximum absolute atomic E-state index is 13.3. The number of hydrogen-bond acceptors (Lipinski definition) is 3. The lowest BCUT2D eigenvalue weighted by Gasteiger charge is -2.44. The second kappa shape index (κ2) is 7.99. The van der Waals surface area contributed by atoms with Crippen LogP contribution in [0.4, 0.5) is 11.4 Å². The van der Waals surface area contributed by atoms with Gasteiger partial charge in [0.25, 0.3) is 0 Å². The number of rotatable bonds is 3. The van der Waals surface area contributed by atoms with Crippen LogP contribution in [0.5, 0.6) is 0 Å². The molecule has 1 unspecified atom stereocenters. The van der Waals surface area contributed by atoms with Crippen LogP contribution in [0.1, 0.15) is 58.3 Å². The van der Waals surface area contributed by atoms with Crippen molar-refractivity contribution in [3.8, 4) is 0 Å². The maximum Gasteiger partial charge on any atom is 0.244 e. The first-order chi connectivity index (χ1) is 12.8. The summed E-state index contributed by atoms with van der Waals surface area (Å²) in [4.78, 5) is 20.3. The van der Waals surface area contributed by atoms with Gasteiger partial charge in [-0.05, 0) is 57.8 Å². The molecule has 1 aromatic rings. The summed E-state index contributed by atoms with van der Waals surface area (Å²) in [7, 11) is 0. The number of amides is 1. The molecule has 1 atom stereocenters. The molecule has 2 aliphatic heterocycles. The lowest BCUT2D eigenvalue weighted by atomic mass is 9.93. The van der Waals surface area contributed by atoms with Gasteiger partial charge in [-0.25, -0.2) is 0 Å². The average Bonchev–Trinajstić information content (AvgIpc) is 2.73. The second-order valence-electron chi connectivity index (χ2n) is 8.24. The van der Waals surface area contributed by atoms with E-state index in [0.717, 1.165) is 31.9 Å². The van der Waals surface area contributed by atoms with E-state index in [0.29, 0.717) is 6.04 Å². The first kappa shape index (κ1) is 17.8. The number of benzene rings is 1. The summed E-state index contributed by atoms with van der Waals surface area (Å²) in [5.41, 5.74) is 2.39. The Kier molecular flexibility index (Phi) is 5.49. The molecule has 0 N–H and O–H groups in total. The molecule has 0 aromatic heterocycles. The van der Waals surface area contributed by atoms with Gasteiger partial charge in [0.15, 0.2) is 0 Å². The third-order valence-electron chi connectivity index (χ3n) is 6.62. The SMILES string of the molecule is CC(C(=O)N1CCN(C2CCCCC2)c2ccccc21)N1CCCCC1. The van der Waals surface area contributed by atoms with Gasteiger partial charge in [-0.3, -0.25) is 9.69 Å². The van der Waals surface area contributed by atoms with Gasteiger partial charge in [0.2, 0.25) is 5.91 Å². The van der Waals surface area contributed by atoms with Gasteiger partial charge < -0.3 is 9.80 Å². The highest BCUT2D eigenvalue weighted by Gasteiger charge is 2.34. The highest BCUT2D eigenvalue weighted by atomic mass is 16.2. The van der Waals surface area contributed by atoms with E-state index in [1.807, 2.05) is 0 Å². The molecule has 0 spiro atoms. The van der Waals surface area contributed by atoms with E-state index >= 15 is 0 Å². The van der Waals surface area contributed by atoms with Crippen LogP contribution in [0.2, 0.25) is 0 Å². The van der Waals surface area contributed by atoms with Crippen molar-refractivity contribution in [1.82, 2.24) is 4.90 Å². The number of para-hydroxylation sites is 2. The Balaban J connectivity index is 1.54. The largest absolute Gasteiger partial charge is 0.365 e. The van der Waals surface area contributed by atoms with Crippen LogP contribution in [-0.2, 0) is 4.79 Å². The molecule has 0 radical (unpaired) electrons. The number of fused-ring (bicyclic) bond motifs is 1. The molecule has 2 heterocycles. The molecule has 4 rings (SSSR count). The van der Waals surface area contributed by atoms with E-state index in [9.17, 15) is 4.79 Å². The average molecular weight is 356 g/mol. The molecule has 1 amide bonds. The van der Waals surface area contributed by atoms with Gasteiger partial charge >= 0.3 is 0 Å². The van der Waals surface area contributed by atoms with E-state index in [1.54, 1.807) is 0 Å². The minimum absolute atomic E-state index is 0.00964. The second-order valence-corrected chi connectivity index (χ2v) is 8.24. The number of carbonyl (C=O) groups excluding carboxylic acids is 1. The molecule has 1 saturated heterocycles. The van der Waals surface area contributed by atoms with Gasteiger partial charge in [0.05, 0.1) is 17.4 Å². The fraction of sp³-hybridized carbons (Fsp3) is 0.682. The zero-order valence-electron chi connectivity index (χ0n) is 16.2. The normalized spacial score (nSPS) is 23.6. The molecule has 1 saturated carbocycles. The fourth-order valence-electron chi connectivity index (χ4n) is 5.07. The Labute approximate surface area is 158 Å². The van der Waals surface area contributed by atoms with Crippen molar-refractivity contribution >= 4 is 17.3 Å². The predicted molar refractivity (Wildman–Crippen MR) is 108 cm³/mol. The Morgan fingerprint density at radius 1 is 0.885 bits per heavy atom. The van der Waals surface area contributed by atoms with Gasteiger partial charge in [-0.1, -0.05) is 37.8 Å². The minimum atomic E-state index is -0.00964. The van der Waals surface area contributed by atoms with Crippen molar-refractivity contribution in [2.75, 3.05) is 36.0 Å². The molecular weight excluding hydrogens is 322 g/mol. The van der Waals surface area contributed by atoms with Gasteiger partial charge in [0.1, 0.15) is 0 Å².